The second-order valence-corrected chi connectivity index (χ2v) is 7.39. The number of Topliss-reactive ketones (excluding diaryl/α,β-unsaturated/α-hetero) is 1. The van der Waals surface area contributed by atoms with E-state index >= 15 is 0 Å². The maximum atomic E-state index is 12.5. The van der Waals surface area contributed by atoms with Gasteiger partial charge in [-0.3, -0.25) is 4.79 Å². The number of ketones is 1. The molecule has 3 aromatic rings. The Bertz CT molecular complexity index is 950. The molecule has 0 amide bonds. The van der Waals surface area contributed by atoms with Crippen LogP contribution in [-0.2, 0) is 11.3 Å². The number of carbonyl (C=O) groups is 2. The molecule has 0 saturated carbocycles. The summed E-state index contributed by atoms with van der Waals surface area (Å²) in [5, 5.41) is 0. The minimum Gasteiger partial charge on any atom is -0.489 e. The van der Waals surface area contributed by atoms with Crippen LogP contribution in [0, 0.1) is 0 Å². The van der Waals surface area contributed by atoms with Gasteiger partial charge < -0.3 is 9.47 Å². The van der Waals surface area contributed by atoms with Gasteiger partial charge in [0.15, 0.2) is 6.10 Å². The Morgan fingerprint density at radius 3 is 2.14 bits per heavy atom. The van der Waals surface area contributed by atoms with Gasteiger partial charge in [0.2, 0.25) is 5.78 Å². The van der Waals surface area contributed by atoms with Gasteiger partial charge in [0, 0.05) is 10.0 Å². The van der Waals surface area contributed by atoms with Crippen LogP contribution in [0.1, 0.15) is 39.6 Å². The van der Waals surface area contributed by atoms with E-state index in [9.17, 15) is 9.59 Å². The van der Waals surface area contributed by atoms with Crippen LogP contribution in [-0.4, -0.2) is 17.9 Å². The second-order valence-electron chi connectivity index (χ2n) is 6.47. The van der Waals surface area contributed by atoms with Gasteiger partial charge in [-0.25, -0.2) is 4.79 Å². The molecular formula is C24H21BrO4. The number of hydrogen-bond donors (Lipinski definition) is 0. The van der Waals surface area contributed by atoms with Crippen LogP contribution in [0.3, 0.4) is 0 Å². The Balaban J connectivity index is 1.59. The molecule has 0 N–H and O–H groups in total. The topological polar surface area (TPSA) is 52.6 Å². The molecule has 0 aromatic heterocycles. The Morgan fingerprint density at radius 1 is 0.862 bits per heavy atom. The first-order valence-electron chi connectivity index (χ1n) is 9.34. The highest BCUT2D eigenvalue weighted by molar-refractivity contribution is 9.10. The molecule has 0 aliphatic rings. The van der Waals surface area contributed by atoms with Crippen molar-refractivity contribution in [3.05, 3.63) is 100 Å². The van der Waals surface area contributed by atoms with Crippen molar-refractivity contribution in [3.63, 3.8) is 0 Å². The predicted octanol–water partition coefficient (Wildman–Crippen LogP) is 5.85. The van der Waals surface area contributed by atoms with Crippen molar-refractivity contribution in [2.45, 2.75) is 26.1 Å². The molecular weight excluding hydrogens is 432 g/mol. The number of hydrogen-bond acceptors (Lipinski definition) is 4. The largest absolute Gasteiger partial charge is 0.489 e. The average Bonchev–Trinajstić information content (AvgIpc) is 2.77. The summed E-state index contributed by atoms with van der Waals surface area (Å²) in [6, 6.07) is 23.4. The molecule has 0 heterocycles. The monoisotopic (exact) mass is 452 g/mol. The third-order valence-corrected chi connectivity index (χ3v) is 4.91. The van der Waals surface area contributed by atoms with E-state index in [0.717, 1.165) is 15.8 Å². The van der Waals surface area contributed by atoms with Crippen molar-refractivity contribution >= 4 is 27.7 Å². The molecule has 0 spiro atoms. The number of esters is 1. The highest BCUT2D eigenvalue weighted by Gasteiger charge is 2.23. The van der Waals surface area contributed by atoms with Gasteiger partial charge in [0.25, 0.3) is 0 Å². The highest BCUT2D eigenvalue weighted by Crippen LogP contribution is 2.18. The van der Waals surface area contributed by atoms with Gasteiger partial charge in [-0.05, 0) is 48.4 Å². The third-order valence-electron chi connectivity index (χ3n) is 4.38. The highest BCUT2D eigenvalue weighted by atomic mass is 79.9. The molecule has 0 aliphatic heterocycles. The lowest BCUT2D eigenvalue weighted by Gasteiger charge is -2.15. The van der Waals surface area contributed by atoms with Crippen molar-refractivity contribution in [2.24, 2.45) is 0 Å². The van der Waals surface area contributed by atoms with Crippen molar-refractivity contribution in [2.75, 3.05) is 0 Å². The van der Waals surface area contributed by atoms with E-state index in [1.807, 2.05) is 49.4 Å². The van der Waals surface area contributed by atoms with Gasteiger partial charge in [0.05, 0.1) is 5.56 Å². The van der Waals surface area contributed by atoms with E-state index in [2.05, 4.69) is 15.9 Å². The molecule has 4 nitrogen and oxygen atoms in total. The van der Waals surface area contributed by atoms with Crippen LogP contribution in [0.2, 0.25) is 0 Å². The first-order valence-corrected chi connectivity index (χ1v) is 10.1. The Hall–Kier alpha value is -2.92. The van der Waals surface area contributed by atoms with Crippen LogP contribution in [0.25, 0.3) is 0 Å². The molecule has 0 unspecified atom stereocenters. The molecule has 1 atom stereocenters. The van der Waals surface area contributed by atoms with E-state index in [-0.39, 0.29) is 5.78 Å². The van der Waals surface area contributed by atoms with Crippen LogP contribution < -0.4 is 4.74 Å². The molecule has 0 bridgehead atoms. The second kappa shape index (κ2) is 10.0. The number of benzene rings is 3. The summed E-state index contributed by atoms with van der Waals surface area (Å²) in [6.07, 6.45) is -0.385. The van der Waals surface area contributed by atoms with Crippen LogP contribution >= 0.6 is 15.9 Å². The first-order chi connectivity index (χ1) is 14.1. The fraction of sp³-hybridized carbons (Fsp3) is 0.167. The zero-order valence-corrected chi connectivity index (χ0v) is 17.6. The lowest BCUT2D eigenvalue weighted by atomic mass is 10.0. The zero-order chi connectivity index (χ0) is 20.6. The average molecular weight is 453 g/mol. The molecule has 0 radical (unpaired) electrons. The van der Waals surface area contributed by atoms with E-state index in [1.54, 1.807) is 36.4 Å². The lowest BCUT2D eigenvalue weighted by Crippen LogP contribution is -2.26. The Morgan fingerprint density at radius 2 is 1.52 bits per heavy atom. The molecule has 148 valence electrons. The van der Waals surface area contributed by atoms with Crippen molar-refractivity contribution < 1.29 is 19.1 Å². The van der Waals surface area contributed by atoms with Gasteiger partial charge in [0.1, 0.15) is 12.4 Å². The normalized spacial score (nSPS) is 11.5. The fourth-order valence-corrected chi connectivity index (χ4v) is 3.01. The van der Waals surface area contributed by atoms with Gasteiger partial charge in [-0.1, -0.05) is 65.3 Å². The summed E-state index contributed by atoms with van der Waals surface area (Å²) in [5.41, 5.74) is 1.86. The summed E-state index contributed by atoms with van der Waals surface area (Å²) in [4.78, 5) is 25.0. The van der Waals surface area contributed by atoms with E-state index < -0.39 is 12.1 Å². The number of rotatable bonds is 8. The summed E-state index contributed by atoms with van der Waals surface area (Å²) in [5.74, 6) is 0.0596. The van der Waals surface area contributed by atoms with Gasteiger partial charge in [-0.15, -0.1) is 0 Å². The molecule has 0 fully saturated rings. The smallest absolute Gasteiger partial charge is 0.338 e. The summed E-state index contributed by atoms with van der Waals surface area (Å²) >= 11 is 3.39. The predicted molar refractivity (Wildman–Crippen MR) is 115 cm³/mol. The summed E-state index contributed by atoms with van der Waals surface area (Å²) in [6.45, 7) is 2.21. The maximum Gasteiger partial charge on any atom is 0.338 e. The molecule has 0 saturated heterocycles. The molecule has 5 heteroatoms. The maximum absolute atomic E-state index is 12.5. The van der Waals surface area contributed by atoms with Gasteiger partial charge >= 0.3 is 5.97 Å². The van der Waals surface area contributed by atoms with Crippen molar-refractivity contribution in [1.29, 1.82) is 0 Å². The fourth-order valence-electron chi connectivity index (χ4n) is 2.74. The Labute approximate surface area is 178 Å². The SMILES string of the molecule is CC[C@H](OC(=O)c1ccc(COc2ccc(Br)cc2)cc1)C(=O)c1ccccc1. The van der Waals surface area contributed by atoms with Crippen LogP contribution in [0.15, 0.2) is 83.3 Å². The summed E-state index contributed by atoms with van der Waals surface area (Å²) in [7, 11) is 0. The molecule has 3 aromatic carbocycles. The van der Waals surface area contributed by atoms with Crippen molar-refractivity contribution in [1.82, 2.24) is 0 Å². The molecule has 29 heavy (non-hydrogen) atoms. The lowest BCUT2D eigenvalue weighted by molar-refractivity contribution is 0.0277. The van der Waals surface area contributed by atoms with Crippen molar-refractivity contribution in [3.8, 4) is 5.75 Å². The number of ether oxygens (including phenoxy) is 2. The van der Waals surface area contributed by atoms with E-state index in [0.29, 0.717) is 24.2 Å². The quantitative estimate of drug-likeness (QED) is 0.317. The minimum atomic E-state index is -0.801. The minimum absolute atomic E-state index is 0.194. The first kappa shape index (κ1) is 20.8. The standard InChI is InChI=1S/C24H21BrO4/c1-2-22(23(26)18-6-4-3-5-7-18)29-24(27)19-10-8-17(9-11-19)16-28-21-14-12-20(25)13-15-21/h3-15,22H,2,16H2,1H3/t22-/m0/s1. The third kappa shape index (κ3) is 5.78. The van der Waals surface area contributed by atoms with Gasteiger partial charge in [-0.2, -0.15) is 0 Å². The number of carbonyl (C=O) groups excluding carboxylic acids is 2. The number of halogens is 1. The molecule has 3 rings (SSSR count). The zero-order valence-electron chi connectivity index (χ0n) is 16.0. The van der Waals surface area contributed by atoms with Crippen LogP contribution in [0.4, 0.5) is 0 Å². The van der Waals surface area contributed by atoms with Crippen LogP contribution in [0.5, 0.6) is 5.75 Å². The van der Waals surface area contributed by atoms with E-state index in [4.69, 9.17) is 9.47 Å². The van der Waals surface area contributed by atoms with E-state index in [1.165, 1.54) is 0 Å². The summed E-state index contributed by atoms with van der Waals surface area (Å²) < 4.78 is 12.2. The Kier molecular flexibility index (Phi) is 7.19. The molecule has 0 aliphatic carbocycles.